The van der Waals surface area contributed by atoms with E-state index in [4.69, 9.17) is 4.74 Å². The van der Waals surface area contributed by atoms with Crippen LogP contribution in [0.25, 0.3) is 11.0 Å². The first kappa shape index (κ1) is 19.9. The molecule has 31 heavy (non-hydrogen) atoms. The standard InChI is InChI=1S/C23H23N5O2S/c29-23(20-15-31-22(27-20)12-16-4-2-1-3-5-16)24-17-6-7-18-19(13-17)26-21(25-18)14-28-8-10-30-11-9-28/h1-7,13,15H,8-12,14H2,(H,24,29)(H,25,26). The van der Waals surface area contributed by atoms with Gasteiger partial charge in [0.25, 0.3) is 5.91 Å². The number of aromatic nitrogens is 3. The zero-order valence-corrected chi connectivity index (χ0v) is 17.8. The zero-order chi connectivity index (χ0) is 21.0. The number of benzene rings is 2. The smallest absolute Gasteiger partial charge is 0.275 e. The number of amides is 1. The predicted molar refractivity (Wildman–Crippen MR) is 122 cm³/mol. The Labute approximate surface area is 184 Å². The highest BCUT2D eigenvalue weighted by atomic mass is 32.1. The van der Waals surface area contributed by atoms with Crippen LogP contribution in [-0.4, -0.2) is 52.1 Å². The van der Waals surface area contributed by atoms with Crippen molar-refractivity contribution >= 4 is 34.0 Å². The first-order valence-corrected chi connectivity index (χ1v) is 11.2. The number of morpholine rings is 1. The van der Waals surface area contributed by atoms with Crippen molar-refractivity contribution in [2.24, 2.45) is 0 Å². The number of H-pyrrole nitrogens is 1. The molecule has 7 nitrogen and oxygen atoms in total. The topological polar surface area (TPSA) is 83.1 Å². The van der Waals surface area contributed by atoms with Crippen LogP contribution in [-0.2, 0) is 17.7 Å². The maximum absolute atomic E-state index is 12.7. The Morgan fingerprint density at radius 2 is 1.97 bits per heavy atom. The highest BCUT2D eigenvalue weighted by Crippen LogP contribution is 2.20. The van der Waals surface area contributed by atoms with Crippen molar-refractivity contribution in [3.05, 3.63) is 76.0 Å². The van der Waals surface area contributed by atoms with Crippen LogP contribution < -0.4 is 5.32 Å². The number of anilines is 1. The van der Waals surface area contributed by atoms with E-state index in [0.29, 0.717) is 5.69 Å². The molecule has 5 rings (SSSR count). The second-order valence-electron chi connectivity index (χ2n) is 7.55. The summed E-state index contributed by atoms with van der Waals surface area (Å²) in [6.07, 6.45) is 0.727. The summed E-state index contributed by atoms with van der Waals surface area (Å²) in [7, 11) is 0. The third-order valence-corrected chi connectivity index (χ3v) is 6.10. The van der Waals surface area contributed by atoms with Crippen LogP contribution in [0.3, 0.4) is 0 Å². The number of nitrogens with zero attached hydrogens (tertiary/aromatic N) is 3. The summed E-state index contributed by atoms with van der Waals surface area (Å²) >= 11 is 1.50. The first-order chi connectivity index (χ1) is 15.2. The Kier molecular flexibility index (Phi) is 5.75. The van der Waals surface area contributed by atoms with Gasteiger partial charge in [-0.2, -0.15) is 0 Å². The van der Waals surface area contributed by atoms with Gasteiger partial charge in [0.15, 0.2) is 0 Å². The van der Waals surface area contributed by atoms with Crippen molar-refractivity contribution in [3.8, 4) is 0 Å². The summed E-state index contributed by atoms with van der Waals surface area (Å²) in [4.78, 5) is 27.5. The van der Waals surface area contributed by atoms with Crippen molar-refractivity contribution < 1.29 is 9.53 Å². The fourth-order valence-corrected chi connectivity index (χ4v) is 4.46. The summed E-state index contributed by atoms with van der Waals surface area (Å²) in [6.45, 7) is 4.12. The number of rotatable bonds is 6. The largest absolute Gasteiger partial charge is 0.379 e. The molecule has 0 aliphatic carbocycles. The van der Waals surface area contributed by atoms with Gasteiger partial charge in [-0.1, -0.05) is 30.3 Å². The van der Waals surface area contributed by atoms with E-state index in [1.807, 2.05) is 41.8 Å². The molecule has 2 aromatic carbocycles. The van der Waals surface area contributed by atoms with E-state index < -0.39 is 0 Å². The van der Waals surface area contributed by atoms with E-state index in [9.17, 15) is 4.79 Å². The van der Waals surface area contributed by atoms with Gasteiger partial charge in [-0.3, -0.25) is 9.69 Å². The van der Waals surface area contributed by atoms with Crippen LogP contribution >= 0.6 is 11.3 Å². The third kappa shape index (κ3) is 4.82. The molecule has 0 spiro atoms. The van der Waals surface area contributed by atoms with Gasteiger partial charge in [-0.15, -0.1) is 11.3 Å². The highest BCUT2D eigenvalue weighted by Gasteiger charge is 2.15. The van der Waals surface area contributed by atoms with E-state index >= 15 is 0 Å². The number of hydrogen-bond acceptors (Lipinski definition) is 6. The summed E-state index contributed by atoms with van der Waals surface area (Å²) in [5.41, 5.74) is 4.14. The number of imidazole rings is 1. The van der Waals surface area contributed by atoms with Crippen molar-refractivity contribution in [2.75, 3.05) is 31.6 Å². The van der Waals surface area contributed by atoms with Crippen molar-refractivity contribution in [1.82, 2.24) is 19.9 Å². The van der Waals surface area contributed by atoms with Gasteiger partial charge >= 0.3 is 0 Å². The molecule has 1 fully saturated rings. The SMILES string of the molecule is O=C(Nc1ccc2nc(CN3CCOCC3)[nH]c2c1)c1csc(Cc2ccccc2)n1. The molecule has 0 saturated carbocycles. The number of fused-ring (bicyclic) bond motifs is 1. The van der Waals surface area contributed by atoms with E-state index in [-0.39, 0.29) is 5.91 Å². The van der Waals surface area contributed by atoms with Gasteiger partial charge in [-0.05, 0) is 23.8 Å². The quantitative estimate of drug-likeness (QED) is 0.485. The molecule has 1 aliphatic heterocycles. The summed E-state index contributed by atoms with van der Waals surface area (Å²) in [5, 5.41) is 5.68. The number of aromatic amines is 1. The van der Waals surface area contributed by atoms with E-state index in [0.717, 1.165) is 66.8 Å². The molecule has 1 amide bonds. The maximum Gasteiger partial charge on any atom is 0.275 e. The number of nitrogens with one attached hydrogen (secondary N) is 2. The monoisotopic (exact) mass is 433 g/mol. The predicted octanol–water partition coefficient (Wildman–Crippen LogP) is 3.69. The number of ether oxygens (including phenoxy) is 1. The molecular weight excluding hydrogens is 410 g/mol. The fourth-order valence-electron chi connectivity index (χ4n) is 3.65. The average molecular weight is 434 g/mol. The van der Waals surface area contributed by atoms with E-state index in [2.05, 4.69) is 37.3 Å². The van der Waals surface area contributed by atoms with Crippen molar-refractivity contribution in [3.63, 3.8) is 0 Å². The third-order valence-electron chi connectivity index (χ3n) is 5.25. The lowest BCUT2D eigenvalue weighted by Crippen LogP contribution is -2.35. The lowest BCUT2D eigenvalue weighted by Gasteiger charge is -2.25. The molecule has 0 atom stereocenters. The van der Waals surface area contributed by atoms with Gasteiger partial charge in [0, 0.05) is 30.6 Å². The van der Waals surface area contributed by atoms with Crippen LogP contribution in [0.1, 0.15) is 26.9 Å². The first-order valence-electron chi connectivity index (χ1n) is 10.3. The fraction of sp³-hybridized carbons (Fsp3) is 0.261. The van der Waals surface area contributed by atoms with Gasteiger partial charge < -0.3 is 15.0 Å². The number of thiazole rings is 1. The molecule has 1 aliphatic rings. The summed E-state index contributed by atoms with van der Waals surface area (Å²) in [6, 6.07) is 15.8. The minimum absolute atomic E-state index is 0.206. The second-order valence-corrected chi connectivity index (χ2v) is 8.49. The molecule has 8 heteroatoms. The molecule has 0 unspecified atom stereocenters. The van der Waals surface area contributed by atoms with Gasteiger partial charge in [-0.25, -0.2) is 9.97 Å². The Morgan fingerprint density at radius 1 is 1.13 bits per heavy atom. The summed E-state index contributed by atoms with van der Waals surface area (Å²) < 4.78 is 5.40. The minimum atomic E-state index is -0.206. The lowest BCUT2D eigenvalue weighted by atomic mass is 10.2. The van der Waals surface area contributed by atoms with E-state index in [1.54, 1.807) is 0 Å². The molecular formula is C23H23N5O2S. The van der Waals surface area contributed by atoms with Gasteiger partial charge in [0.2, 0.25) is 0 Å². The van der Waals surface area contributed by atoms with Crippen LogP contribution in [0, 0.1) is 0 Å². The molecule has 2 N–H and O–H groups in total. The summed E-state index contributed by atoms with van der Waals surface area (Å²) in [5.74, 6) is 0.716. The molecule has 2 aromatic heterocycles. The second kappa shape index (κ2) is 8.97. The molecule has 0 bridgehead atoms. The highest BCUT2D eigenvalue weighted by molar-refractivity contribution is 7.09. The average Bonchev–Trinajstić information content (AvgIpc) is 3.41. The maximum atomic E-state index is 12.7. The number of carbonyl (C=O) groups excluding carboxylic acids is 1. The lowest BCUT2D eigenvalue weighted by molar-refractivity contribution is 0.0332. The molecule has 0 radical (unpaired) electrons. The molecule has 4 aromatic rings. The molecule has 158 valence electrons. The van der Waals surface area contributed by atoms with Gasteiger partial charge in [0.05, 0.1) is 35.8 Å². The molecule has 1 saturated heterocycles. The van der Waals surface area contributed by atoms with Crippen LogP contribution in [0.5, 0.6) is 0 Å². The number of hydrogen-bond donors (Lipinski definition) is 2. The Morgan fingerprint density at radius 3 is 2.81 bits per heavy atom. The van der Waals surface area contributed by atoms with Gasteiger partial charge in [0.1, 0.15) is 11.5 Å². The zero-order valence-electron chi connectivity index (χ0n) is 17.0. The van der Waals surface area contributed by atoms with Crippen molar-refractivity contribution in [2.45, 2.75) is 13.0 Å². The Bertz CT molecular complexity index is 1180. The van der Waals surface area contributed by atoms with E-state index in [1.165, 1.54) is 16.9 Å². The minimum Gasteiger partial charge on any atom is -0.379 e. The normalized spacial score (nSPS) is 14.7. The Balaban J connectivity index is 1.25. The van der Waals surface area contributed by atoms with Crippen LogP contribution in [0.15, 0.2) is 53.9 Å². The van der Waals surface area contributed by atoms with Crippen LogP contribution in [0.4, 0.5) is 5.69 Å². The van der Waals surface area contributed by atoms with Crippen LogP contribution in [0.2, 0.25) is 0 Å². The number of carbonyl (C=O) groups is 1. The Hall–Kier alpha value is -3.07. The molecule has 3 heterocycles. The van der Waals surface area contributed by atoms with Crippen molar-refractivity contribution in [1.29, 1.82) is 0 Å².